The summed E-state index contributed by atoms with van der Waals surface area (Å²) in [5.41, 5.74) is 0.347. The molecule has 1 heteroatoms. The van der Waals surface area contributed by atoms with Gasteiger partial charge in [-0.1, -0.05) is 59.3 Å². The lowest BCUT2D eigenvalue weighted by Crippen LogP contribution is -2.12. The molecule has 1 N–H and O–H groups in total. The monoisotopic (exact) mass is 200 g/mol. The van der Waals surface area contributed by atoms with E-state index in [1.807, 2.05) is 0 Å². The molecular formula is C13H28O. The van der Waals surface area contributed by atoms with E-state index in [-0.39, 0.29) is 0 Å². The Bertz CT molecular complexity index is 118. The van der Waals surface area contributed by atoms with E-state index in [1.54, 1.807) is 0 Å². The first-order valence-corrected chi connectivity index (χ1v) is 6.23. The van der Waals surface area contributed by atoms with Crippen LogP contribution in [0, 0.1) is 5.41 Å². The molecule has 0 atom stereocenters. The number of unbranched alkanes of at least 4 members (excludes halogenated alkanes) is 5. The van der Waals surface area contributed by atoms with Crippen molar-refractivity contribution in [3.8, 4) is 0 Å². The highest BCUT2D eigenvalue weighted by atomic mass is 16.3. The minimum atomic E-state index is 0.336. The van der Waals surface area contributed by atoms with Crippen molar-refractivity contribution < 1.29 is 5.11 Å². The minimum Gasteiger partial charge on any atom is -0.396 e. The van der Waals surface area contributed by atoms with Crippen LogP contribution in [0.5, 0.6) is 0 Å². The van der Waals surface area contributed by atoms with Gasteiger partial charge in [0.15, 0.2) is 0 Å². The summed E-state index contributed by atoms with van der Waals surface area (Å²) in [6.07, 6.45) is 10.4. The molecule has 0 aromatic carbocycles. The highest BCUT2D eigenvalue weighted by Gasteiger charge is 2.15. The van der Waals surface area contributed by atoms with Crippen LogP contribution < -0.4 is 0 Å². The van der Waals surface area contributed by atoms with Gasteiger partial charge in [0.2, 0.25) is 0 Å². The number of aliphatic hydroxyl groups excluding tert-OH is 1. The van der Waals surface area contributed by atoms with E-state index < -0.39 is 0 Å². The maximum absolute atomic E-state index is 8.87. The molecule has 0 aliphatic rings. The van der Waals surface area contributed by atoms with Gasteiger partial charge in [-0.3, -0.25) is 0 Å². The zero-order valence-corrected chi connectivity index (χ0v) is 10.3. The van der Waals surface area contributed by atoms with Crippen molar-refractivity contribution >= 4 is 0 Å². The average Bonchev–Trinajstić information content (AvgIpc) is 2.11. The summed E-state index contributed by atoms with van der Waals surface area (Å²) >= 11 is 0. The van der Waals surface area contributed by atoms with Crippen molar-refractivity contribution in [2.75, 3.05) is 6.61 Å². The molecule has 0 aliphatic carbocycles. The van der Waals surface area contributed by atoms with Crippen LogP contribution in [0.4, 0.5) is 0 Å². The Balaban J connectivity index is 3.26. The van der Waals surface area contributed by atoms with Gasteiger partial charge in [0.05, 0.1) is 0 Å². The van der Waals surface area contributed by atoms with Crippen LogP contribution in [0.25, 0.3) is 0 Å². The average molecular weight is 200 g/mol. The van der Waals surface area contributed by atoms with Crippen LogP contribution in [0.2, 0.25) is 0 Å². The summed E-state index contributed by atoms with van der Waals surface area (Å²) in [5, 5.41) is 8.87. The summed E-state index contributed by atoms with van der Waals surface area (Å²) < 4.78 is 0. The summed E-state index contributed by atoms with van der Waals surface area (Å²) in [4.78, 5) is 0. The molecule has 0 amide bonds. The molecule has 0 spiro atoms. The highest BCUT2D eigenvalue weighted by molar-refractivity contribution is 4.67. The molecule has 0 saturated carbocycles. The van der Waals surface area contributed by atoms with E-state index in [0.717, 1.165) is 6.42 Å². The molecular weight excluding hydrogens is 172 g/mol. The lowest BCUT2D eigenvalue weighted by Gasteiger charge is -2.23. The second-order valence-electron chi connectivity index (χ2n) is 5.16. The van der Waals surface area contributed by atoms with E-state index in [2.05, 4.69) is 20.8 Å². The second kappa shape index (κ2) is 8.28. The van der Waals surface area contributed by atoms with Crippen LogP contribution in [-0.4, -0.2) is 11.7 Å². The van der Waals surface area contributed by atoms with Gasteiger partial charge in [-0.25, -0.2) is 0 Å². The van der Waals surface area contributed by atoms with Crippen molar-refractivity contribution in [3.63, 3.8) is 0 Å². The molecule has 0 aromatic rings. The number of aliphatic hydroxyl groups is 1. The molecule has 0 saturated heterocycles. The van der Waals surface area contributed by atoms with Crippen molar-refractivity contribution in [1.29, 1.82) is 0 Å². The Morgan fingerprint density at radius 3 is 2.00 bits per heavy atom. The maximum Gasteiger partial charge on any atom is 0.0436 e. The molecule has 1 nitrogen and oxygen atoms in total. The summed E-state index contributed by atoms with van der Waals surface area (Å²) in [7, 11) is 0. The quantitative estimate of drug-likeness (QED) is 0.554. The third kappa shape index (κ3) is 8.55. The van der Waals surface area contributed by atoms with E-state index in [9.17, 15) is 0 Å². The predicted molar refractivity (Wildman–Crippen MR) is 63.5 cm³/mol. The normalized spacial score (nSPS) is 12.0. The fourth-order valence-electron chi connectivity index (χ4n) is 1.81. The van der Waals surface area contributed by atoms with Gasteiger partial charge in [0.1, 0.15) is 0 Å². The van der Waals surface area contributed by atoms with E-state index in [1.165, 1.54) is 44.9 Å². The van der Waals surface area contributed by atoms with Crippen LogP contribution in [-0.2, 0) is 0 Å². The number of hydrogen-bond donors (Lipinski definition) is 1. The lowest BCUT2D eigenvalue weighted by molar-refractivity contribution is 0.198. The van der Waals surface area contributed by atoms with Gasteiger partial charge in [0.25, 0.3) is 0 Å². The van der Waals surface area contributed by atoms with E-state index in [4.69, 9.17) is 5.11 Å². The molecule has 0 rings (SSSR count). The lowest BCUT2D eigenvalue weighted by atomic mass is 9.84. The first kappa shape index (κ1) is 14.0. The van der Waals surface area contributed by atoms with Crippen molar-refractivity contribution in [1.82, 2.24) is 0 Å². The molecule has 0 heterocycles. The van der Waals surface area contributed by atoms with Crippen LogP contribution in [0.3, 0.4) is 0 Å². The molecule has 14 heavy (non-hydrogen) atoms. The summed E-state index contributed by atoms with van der Waals surface area (Å²) in [6, 6.07) is 0. The van der Waals surface area contributed by atoms with Crippen LogP contribution >= 0.6 is 0 Å². The Kier molecular flexibility index (Phi) is 8.26. The highest BCUT2D eigenvalue weighted by Crippen LogP contribution is 2.27. The summed E-state index contributed by atoms with van der Waals surface area (Å²) in [5.74, 6) is 0. The molecule has 0 radical (unpaired) electrons. The van der Waals surface area contributed by atoms with Gasteiger partial charge < -0.3 is 5.11 Å². The van der Waals surface area contributed by atoms with Gasteiger partial charge in [-0.05, 0) is 18.3 Å². The topological polar surface area (TPSA) is 20.2 Å². The number of rotatable bonds is 9. The van der Waals surface area contributed by atoms with E-state index in [0.29, 0.717) is 12.0 Å². The number of hydrogen-bond acceptors (Lipinski definition) is 1. The zero-order valence-electron chi connectivity index (χ0n) is 10.3. The smallest absolute Gasteiger partial charge is 0.0436 e. The van der Waals surface area contributed by atoms with Gasteiger partial charge >= 0.3 is 0 Å². The van der Waals surface area contributed by atoms with E-state index >= 15 is 0 Å². The minimum absolute atomic E-state index is 0.336. The Labute approximate surface area is 89.9 Å². The van der Waals surface area contributed by atoms with Gasteiger partial charge in [-0.2, -0.15) is 0 Å². The molecule has 0 aromatic heterocycles. The standard InChI is InChI=1S/C13H28O/c1-4-5-6-7-8-9-10-13(2,3)11-12-14/h14H,4-12H2,1-3H3. The Morgan fingerprint density at radius 1 is 0.857 bits per heavy atom. The maximum atomic E-state index is 8.87. The molecule has 0 bridgehead atoms. The van der Waals surface area contributed by atoms with Crippen LogP contribution in [0.15, 0.2) is 0 Å². The van der Waals surface area contributed by atoms with Gasteiger partial charge in [0, 0.05) is 6.61 Å². The SMILES string of the molecule is CCCCCCCCC(C)(C)CCO. The molecule has 0 aliphatic heterocycles. The summed E-state index contributed by atoms with van der Waals surface area (Å²) in [6.45, 7) is 7.11. The first-order chi connectivity index (χ1) is 6.62. The fraction of sp³-hybridized carbons (Fsp3) is 1.00. The molecule has 86 valence electrons. The van der Waals surface area contributed by atoms with Crippen molar-refractivity contribution in [3.05, 3.63) is 0 Å². The van der Waals surface area contributed by atoms with Crippen LogP contribution in [0.1, 0.15) is 72.1 Å². The molecule has 0 unspecified atom stereocenters. The predicted octanol–water partition coefficient (Wildman–Crippen LogP) is 4.15. The second-order valence-corrected chi connectivity index (χ2v) is 5.16. The molecule has 0 fully saturated rings. The van der Waals surface area contributed by atoms with Crippen molar-refractivity contribution in [2.24, 2.45) is 5.41 Å². The fourth-order valence-corrected chi connectivity index (χ4v) is 1.81. The Morgan fingerprint density at radius 2 is 1.43 bits per heavy atom. The Hall–Kier alpha value is -0.0400. The third-order valence-electron chi connectivity index (χ3n) is 3.00. The first-order valence-electron chi connectivity index (χ1n) is 6.23. The largest absolute Gasteiger partial charge is 0.396 e. The van der Waals surface area contributed by atoms with Crippen molar-refractivity contribution in [2.45, 2.75) is 72.1 Å². The zero-order chi connectivity index (χ0) is 10.9. The third-order valence-corrected chi connectivity index (χ3v) is 3.00. The van der Waals surface area contributed by atoms with Gasteiger partial charge in [-0.15, -0.1) is 0 Å².